The van der Waals surface area contributed by atoms with Crippen LogP contribution in [0.3, 0.4) is 0 Å². The van der Waals surface area contributed by atoms with E-state index in [2.05, 4.69) is 93.3 Å². The fourth-order valence-corrected chi connectivity index (χ4v) is 5.79. The van der Waals surface area contributed by atoms with Crippen LogP contribution in [-0.2, 0) is 0 Å². The summed E-state index contributed by atoms with van der Waals surface area (Å²) in [5.74, 6) is 0. The molecule has 3 rings (SSSR count). The van der Waals surface area contributed by atoms with Crippen molar-refractivity contribution in [3.8, 4) is 0 Å². The first-order chi connectivity index (χ1) is 11.8. The Kier molecular flexibility index (Phi) is 5.18. The van der Waals surface area contributed by atoms with E-state index in [1.165, 1.54) is 51.3 Å². The molecule has 1 aliphatic heterocycles. The van der Waals surface area contributed by atoms with Crippen LogP contribution in [0.5, 0.6) is 0 Å². The highest BCUT2D eigenvalue weighted by atomic mass is 127. The topological polar surface area (TPSA) is 3.24 Å². The number of hydrogen-bond donors (Lipinski definition) is 0. The number of rotatable bonds is 3. The van der Waals surface area contributed by atoms with E-state index in [-0.39, 0.29) is 0 Å². The van der Waals surface area contributed by atoms with Gasteiger partial charge in [-0.2, -0.15) is 0 Å². The molecule has 1 saturated heterocycles. The lowest BCUT2D eigenvalue weighted by Gasteiger charge is -2.35. The molecule has 2 aromatic rings. The van der Waals surface area contributed by atoms with Gasteiger partial charge < -0.3 is 4.90 Å². The Balaban J connectivity index is 2.03. The molecular weight excluding hydrogens is 419 g/mol. The minimum atomic E-state index is 1.06. The van der Waals surface area contributed by atoms with Crippen molar-refractivity contribution >= 4 is 34.0 Å². The average Bonchev–Trinajstić information content (AvgIpc) is 2.90. The average molecular weight is 449 g/mol. The molecule has 0 radical (unpaired) electrons. The Morgan fingerprint density at radius 3 is 1.80 bits per heavy atom. The zero-order valence-electron chi connectivity index (χ0n) is 16.4. The third-order valence-electron chi connectivity index (χ3n) is 5.53. The van der Waals surface area contributed by atoms with Crippen molar-refractivity contribution < 1.29 is 0 Å². The summed E-state index contributed by atoms with van der Waals surface area (Å²) in [6.45, 7) is 16.9. The van der Waals surface area contributed by atoms with Crippen molar-refractivity contribution in [3.63, 3.8) is 0 Å². The number of hydrogen-bond acceptors (Lipinski definition) is 1. The fourth-order valence-electron chi connectivity index (χ4n) is 4.89. The van der Waals surface area contributed by atoms with Gasteiger partial charge >= 0.3 is 0 Å². The van der Waals surface area contributed by atoms with E-state index in [1.54, 1.807) is 0 Å². The largest absolute Gasteiger partial charge is 0.319 e. The number of anilines is 1. The predicted molar refractivity (Wildman–Crippen MR) is 119 cm³/mol. The standard InChI is InChI=1S/C22H30IN2/c1-15-9-17(3)21(18(4)10-15)24-7-8-25(13-23,14-24)22-19(5)11-16(2)12-20(22)6/h9-12H,7-8,13-14H2,1-6H3/q+1. The Bertz CT molecular complexity index is 766. The molecule has 0 saturated carbocycles. The van der Waals surface area contributed by atoms with E-state index < -0.39 is 0 Å². The molecule has 1 atom stereocenters. The van der Waals surface area contributed by atoms with E-state index in [9.17, 15) is 0 Å². The summed E-state index contributed by atoms with van der Waals surface area (Å²) in [6, 6.07) is 9.34. The Labute approximate surface area is 166 Å². The van der Waals surface area contributed by atoms with Crippen LogP contribution >= 0.6 is 22.6 Å². The summed E-state index contributed by atoms with van der Waals surface area (Å²) < 4.78 is 2.17. The first-order valence-electron chi connectivity index (χ1n) is 9.11. The maximum Gasteiger partial charge on any atom is 0.160 e. The van der Waals surface area contributed by atoms with Gasteiger partial charge in [-0.1, -0.05) is 35.4 Å². The maximum absolute atomic E-state index is 2.61. The summed E-state index contributed by atoms with van der Waals surface area (Å²) in [5, 5.41) is 0. The highest BCUT2D eigenvalue weighted by Gasteiger charge is 2.41. The molecule has 0 aromatic heterocycles. The van der Waals surface area contributed by atoms with Crippen molar-refractivity contribution in [2.75, 3.05) is 29.2 Å². The molecule has 1 heterocycles. The summed E-state index contributed by atoms with van der Waals surface area (Å²) >= 11 is 2.59. The molecule has 0 amide bonds. The van der Waals surface area contributed by atoms with Gasteiger partial charge in [-0.15, -0.1) is 0 Å². The van der Waals surface area contributed by atoms with Gasteiger partial charge in [-0.25, -0.2) is 0 Å². The van der Waals surface area contributed by atoms with Crippen LogP contribution in [0.25, 0.3) is 0 Å². The minimum Gasteiger partial charge on any atom is -0.319 e. The van der Waals surface area contributed by atoms with Crippen LogP contribution in [0, 0.1) is 41.5 Å². The lowest BCUT2D eigenvalue weighted by atomic mass is 10.0. The van der Waals surface area contributed by atoms with Crippen LogP contribution in [0.1, 0.15) is 33.4 Å². The monoisotopic (exact) mass is 449 g/mol. The first kappa shape index (κ1) is 18.7. The molecule has 1 unspecified atom stereocenters. The van der Waals surface area contributed by atoms with Crippen molar-refractivity contribution in [1.82, 2.24) is 4.48 Å². The third kappa shape index (κ3) is 3.33. The lowest BCUT2D eigenvalue weighted by Crippen LogP contribution is -2.48. The smallest absolute Gasteiger partial charge is 0.160 e. The van der Waals surface area contributed by atoms with Crippen LogP contribution in [0.2, 0.25) is 0 Å². The molecule has 0 N–H and O–H groups in total. The van der Waals surface area contributed by atoms with E-state index >= 15 is 0 Å². The van der Waals surface area contributed by atoms with Crippen LogP contribution in [0.4, 0.5) is 11.4 Å². The van der Waals surface area contributed by atoms with Crippen molar-refractivity contribution in [2.24, 2.45) is 0 Å². The number of benzene rings is 2. The van der Waals surface area contributed by atoms with Gasteiger partial charge in [0.15, 0.2) is 6.67 Å². The van der Waals surface area contributed by atoms with Crippen LogP contribution in [0.15, 0.2) is 24.3 Å². The molecule has 2 nitrogen and oxygen atoms in total. The Morgan fingerprint density at radius 2 is 1.32 bits per heavy atom. The second-order valence-corrected chi connectivity index (χ2v) is 8.57. The predicted octanol–water partition coefficient (Wildman–Crippen LogP) is 5.71. The summed E-state index contributed by atoms with van der Waals surface area (Å²) in [5.41, 5.74) is 11.4. The van der Waals surface area contributed by atoms with E-state index in [0.717, 1.165) is 22.2 Å². The van der Waals surface area contributed by atoms with Gasteiger partial charge in [-0.05, 0) is 75.3 Å². The maximum atomic E-state index is 2.61. The van der Waals surface area contributed by atoms with Crippen molar-refractivity contribution in [2.45, 2.75) is 41.5 Å². The molecular formula is C22H30IN2+. The van der Waals surface area contributed by atoms with Gasteiger partial charge in [0.2, 0.25) is 0 Å². The van der Waals surface area contributed by atoms with E-state index in [1.807, 2.05) is 0 Å². The second-order valence-electron chi connectivity index (χ2n) is 7.89. The Morgan fingerprint density at radius 1 is 0.840 bits per heavy atom. The molecule has 25 heavy (non-hydrogen) atoms. The zero-order chi connectivity index (χ0) is 18.4. The molecule has 0 aliphatic carbocycles. The normalized spacial score (nSPS) is 20.4. The number of nitrogens with zero attached hydrogens (tertiary/aromatic N) is 2. The second kappa shape index (κ2) is 6.92. The molecule has 1 aliphatic rings. The summed E-state index contributed by atoms with van der Waals surface area (Å²) in [6.07, 6.45) is 0. The number of quaternary nitrogens is 1. The fraction of sp³-hybridized carbons (Fsp3) is 0.455. The molecule has 134 valence electrons. The van der Waals surface area contributed by atoms with Crippen LogP contribution in [-0.4, -0.2) is 24.3 Å². The van der Waals surface area contributed by atoms with Crippen LogP contribution < -0.4 is 9.38 Å². The van der Waals surface area contributed by atoms with E-state index in [4.69, 9.17) is 0 Å². The van der Waals surface area contributed by atoms with E-state index in [0.29, 0.717) is 0 Å². The zero-order valence-corrected chi connectivity index (χ0v) is 18.6. The highest BCUT2D eigenvalue weighted by molar-refractivity contribution is 14.1. The highest BCUT2D eigenvalue weighted by Crippen LogP contribution is 2.38. The van der Waals surface area contributed by atoms with Gasteiger partial charge in [0.05, 0.1) is 6.54 Å². The molecule has 0 bridgehead atoms. The summed E-state index contributed by atoms with van der Waals surface area (Å²) in [4.78, 5) is 2.61. The van der Waals surface area contributed by atoms with Crippen molar-refractivity contribution in [1.29, 1.82) is 0 Å². The minimum absolute atomic E-state index is 1.06. The summed E-state index contributed by atoms with van der Waals surface area (Å²) in [7, 11) is 0. The molecule has 3 heteroatoms. The van der Waals surface area contributed by atoms with Gasteiger partial charge in [0, 0.05) is 16.8 Å². The number of halogens is 1. The molecule has 1 fully saturated rings. The quantitative estimate of drug-likeness (QED) is 0.251. The number of aryl methyl sites for hydroxylation is 6. The SMILES string of the molecule is Cc1cc(C)c(N2CC[N+](CI)(c3c(C)cc(C)cc3C)C2)c(C)c1. The number of alkyl halides is 1. The first-order valence-corrected chi connectivity index (χ1v) is 10.6. The van der Waals surface area contributed by atoms with Gasteiger partial charge in [0.25, 0.3) is 0 Å². The molecule has 0 spiro atoms. The van der Waals surface area contributed by atoms with Gasteiger partial charge in [0.1, 0.15) is 16.8 Å². The Hall–Kier alpha value is -1.07. The lowest BCUT2D eigenvalue weighted by molar-refractivity contribution is 0.397. The van der Waals surface area contributed by atoms with Crippen molar-refractivity contribution in [3.05, 3.63) is 57.6 Å². The van der Waals surface area contributed by atoms with Gasteiger partial charge in [-0.3, -0.25) is 4.48 Å². The third-order valence-corrected chi connectivity index (χ3v) is 6.84. The molecule has 2 aromatic carbocycles.